The summed E-state index contributed by atoms with van der Waals surface area (Å²) in [5, 5.41) is 18.5. The second-order valence-corrected chi connectivity index (χ2v) is 4.68. The summed E-state index contributed by atoms with van der Waals surface area (Å²) >= 11 is 0. The molecular formula is C11H17NO9. The summed E-state index contributed by atoms with van der Waals surface area (Å²) in [6.07, 6.45) is -2.29. The van der Waals surface area contributed by atoms with Crippen LogP contribution in [0.5, 0.6) is 0 Å². The van der Waals surface area contributed by atoms with E-state index in [4.69, 9.17) is 18.9 Å². The number of nitrogens with zero attached hydrogens (tertiary/aromatic N) is 1. The van der Waals surface area contributed by atoms with Crippen LogP contribution in [0.25, 0.3) is 0 Å². The largest absolute Gasteiger partial charge is 0.508 e. The van der Waals surface area contributed by atoms with Crippen LogP contribution in [0.1, 0.15) is 12.8 Å². The van der Waals surface area contributed by atoms with Crippen LogP contribution < -0.4 is 0 Å². The first-order valence-corrected chi connectivity index (χ1v) is 6.60. The number of rotatable bonds is 7. The van der Waals surface area contributed by atoms with E-state index in [1.807, 2.05) is 0 Å². The van der Waals surface area contributed by atoms with Crippen molar-refractivity contribution in [1.29, 1.82) is 0 Å². The van der Waals surface area contributed by atoms with Gasteiger partial charge in [-0.3, -0.25) is 0 Å². The van der Waals surface area contributed by atoms with Crippen molar-refractivity contribution in [3.63, 3.8) is 0 Å². The first kappa shape index (κ1) is 15.7. The van der Waals surface area contributed by atoms with Crippen LogP contribution in [0, 0.1) is 10.1 Å². The minimum atomic E-state index is -0.873. The molecule has 0 aromatic rings. The van der Waals surface area contributed by atoms with Crippen LogP contribution in [0.2, 0.25) is 0 Å². The molecule has 120 valence electrons. The van der Waals surface area contributed by atoms with Crippen LogP contribution in [0.3, 0.4) is 0 Å². The molecule has 0 amide bonds. The van der Waals surface area contributed by atoms with E-state index >= 15 is 0 Å². The highest BCUT2D eigenvalue weighted by Gasteiger charge is 2.49. The van der Waals surface area contributed by atoms with Gasteiger partial charge in [0.05, 0.1) is 26.4 Å². The highest BCUT2D eigenvalue weighted by atomic mass is 16.9. The molecule has 10 nitrogen and oxygen atoms in total. The van der Waals surface area contributed by atoms with E-state index in [1.165, 1.54) is 0 Å². The van der Waals surface area contributed by atoms with Crippen molar-refractivity contribution in [1.82, 2.24) is 0 Å². The van der Waals surface area contributed by atoms with Gasteiger partial charge in [-0.25, -0.2) is 4.79 Å². The number of fused-ring (bicyclic) bond motifs is 1. The highest BCUT2D eigenvalue weighted by Crippen LogP contribution is 2.28. The molecular weight excluding hydrogens is 290 g/mol. The van der Waals surface area contributed by atoms with E-state index < -0.39 is 35.7 Å². The molecule has 2 aliphatic rings. The van der Waals surface area contributed by atoms with Gasteiger partial charge in [-0.05, 0) is 12.8 Å². The van der Waals surface area contributed by atoms with E-state index in [-0.39, 0.29) is 26.4 Å². The van der Waals surface area contributed by atoms with Gasteiger partial charge >= 0.3 is 6.16 Å². The standard InChI is InChI=1S/C11H17NO9/c13-7-5-18-10-8(6-19-9(7)10)21-11(14)17-3-1-2-4-20-12(15)16/h7-10,13H,1-6H2/t7?,8-,9-,10-/m1/s1. The molecule has 2 fully saturated rings. The maximum absolute atomic E-state index is 11.5. The average Bonchev–Trinajstić information content (AvgIpc) is 2.98. The molecule has 1 N–H and O–H groups in total. The minimum Gasteiger partial charge on any atom is -0.434 e. The molecule has 2 aliphatic heterocycles. The molecule has 2 heterocycles. The molecule has 0 aliphatic carbocycles. The molecule has 0 aromatic heterocycles. The van der Waals surface area contributed by atoms with Gasteiger partial charge in [0.2, 0.25) is 0 Å². The summed E-state index contributed by atoms with van der Waals surface area (Å²) in [7, 11) is 0. The summed E-state index contributed by atoms with van der Waals surface area (Å²) in [6, 6.07) is 0. The van der Waals surface area contributed by atoms with Gasteiger partial charge in [-0.15, -0.1) is 10.1 Å². The Bertz CT molecular complexity index is 377. The number of hydrogen-bond donors (Lipinski definition) is 1. The quantitative estimate of drug-likeness (QED) is 0.290. The zero-order valence-electron chi connectivity index (χ0n) is 11.2. The maximum atomic E-state index is 11.5. The van der Waals surface area contributed by atoms with Gasteiger partial charge in [-0.1, -0.05) is 0 Å². The maximum Gasteiger partial charge on any atom is 0.508 e. The molecule has 4 atom stereocenters. The number of carbonyl (C=O) groups is 1. The van der Waals surface area contributed by atoms with E-state index in [9.17, 15) is 20.0 Å². The minimum absolute atomic E-state index is 0.0443. The second kappa shape index (κ2) is 7.38. The Balaban J connectivity index is 1.57. The van der Waals surface area contributed by atoms with E-state index in [1.54, 1.807) is 0 Å². The van der Waals surface area contributed by atoms with Crippen molar-refractivity contribution >= 4 is 6.16 Å². The Kier molecular flexibility index (Phi) is 5.53. The zero-order valence-corrected chi connectivity index (χ0v) is 11.2. The van der Waals surface area contributed by atoms with Crippen molar-refractivity contribution in [2.24, 2.45) is 0 Å². The fourth-order valence-electron chi connectivity index (χ4n) is 2.20. The highest BCUT2D eigenvalue weighted by molar-refractivity contribution is 5.60. The van der Waals surface area contributed by atoms with Gasteiger partial charge in [0.15, 0.2) is 6.10 Å². The summed E-state index contributed by atoms with van der Waals surface area (Å²) in [6.45, 7) is 0.335. The molecule has 10 heteroatoms. The Labute approximate surface area is 120 Å². The molecule has 2 saturated heterocycles. The number of carbonyl (C=O) groups excluding carboxylic acids is 1. The number of hydrogen-bond acceptors (Lipinski definition) is 9. The molecule has 0 bridgehead atoms. The third kappa shape index (κ3) is 4.41. The lowest BCUT2D eigenvalue weighted by Crippen LogP contribution is -2.34. The molecule has 2 rings (SSSR count). The van der Waals surface area contributed by atoms with Gasteiger partial charge in [0, 0.05) is 0 Å². The Morgan fingerprint density at radius 2 is 1.95 bits per heavy atom. The van der Waals surface area contributed by atoms with Gasteiger partial charge in [0.1, 0.15) is 18.3 Å². The Morgan fingerprint density at radius 1 is 1.24 bits per heavy atom. The number of ether oxygens (including phenoxy) is 4. The summed E-state index contributed by atoms with van der Waals surface area (Å²) in [5.74, 6) is 0. The average molecular weight is 307 g/mol. The summed E-state index contributed by atoms with van der Waals surface area (Å²) in [4.78, 5) is 25.4. The van der Waals surface area contributed by atoms with Crippen molar-refractivity contribution in [3.8, 4) is 0 Å². The summed E-state index contributed by atoms with van der Waals surface area (Å²) < 4.78 is 20.5. The second-order valence-electron chi connectivity index (χ2n) is 4.68. The van der Waals surface area contributed by atoms with Crippen LogP contribution in [-0.4, -0.2) is 67.2 Å². The van der Waals surface area contributed by atoms with Crippen LogP contribution in [0.15, 0.2) is 0 Å². The zero-order chi connectivity index (χ0) is 15.2. The third-order valence-corrected chi connectivity index (χ3v) is 3.18. The van der Waals surface area contributed by atoms with Gasteiger partial charge in [0.25, 0.3) is 5.09 Å². The normalized spacial score (nSPS) is 30.7. The van der Waals surface area contributed by atoms with Gasteiger partial charge in [-0.2, -0.15) is 0 Å². The van der Waals surface area contributed by atoms with Crippen molar-refractivity contribution in [2.45, 2.75) is 37.3 Å². The predicted octanol–water partition coefficient (Wildman–Crippen LogP) is -0.345. The predicted molar refractivity (Wildman–Crippen MR) is 63.9 cm³/mol. The molecule has 1 unspecified atom stereocenters. The van der Waals surface area contributed by atoms with Crippen molar-refractivity contribution in [2.75, 3.05) is 26.4 Å². The molecule has 21 heavy (non-hydrogen) atoms. The van der Waals surface area contributed by atoms with E-state index in [2.05, 4.69) is 4.84 Å². The lowest BCUT2D eigenvalue weighted by atomic mass is 10.1. The topological polar surface area (TPSA) is 127 Å². The SMILES string of the molecule is O=C(OCCCCO[N+](=O)[O-])O[C@@H]1CO[C@@H]2C(O)CO[C@@H]21. The fourth-order valence-corrected chi connectivity index (χ4v) is 2.20. The van der Waals surface area contributed by atoms with E-state index in [0.29, 0.717) is 12.8 Å². The van der Waals surface area contributed by atoms with Crippen LogP contribution in [0.4, 0.5) is 4.79 Å². The first-order valence-electron chi connectivity index (χ1n) is 6.60. The van der Waals surface area contributed by atoms with Crippen molar-refractivity contribution < 1.29 is 38.8 Å². The smallest absolute Gasteiger partial charge is 0.434 e. The third-order valence-electron chi connectivity index (χ3n) is 3.18. The van der Waals surface area contributed by atoms with Gasteiger partial charge < -0.3 is 28.9 Å². The first-order chi connectivity index (χ1) is 10.1. The Morgan fingerprint density at radius 3 is 2.71 bits per heavy atom. The lowest BCUT2D eigenvalue weighted by molar-refractivity contribution is -0.757. The Hall–Kier alpha value is -1.65. The van der Waals surface area contributed by atoms with Crippen LogP contribution in [-0.2, 0) is 23.8 Å². The monoisotopic (exact) mass is 307 g/mol. The molecule has 0 saturated carbocycles. The number of aliphatic hydroxyl groups is 1. The van der Waals surface area contributed by atoms with Crippen LogP contribution >= 0.6 is 0 Å². The molecule has 0 radical (unpaired) electrons. The molecule has 0 aromatic carbocycles. The fraction of sp³-hybridized carbons (Fsp3) is 0.909. The summed E-state index contributed by atoms with van der Waals surface area (Å²) in [5.41, 5.74) is 0. The van der Waals surface area contributed by atoms with Crippen molar-refractivity contribution in [3.05, 3.63) is 10.1 Å². The number of unbranched alkanes of at least 4 members (excludes halogenated alkanes) is 1. The lowest BCUT2D eigenvalue weighted by Gasteiger charge is -2.16. The molecule has 0 spiro atoms. The number of aliphatic hydroxyl groups excluding tert-OH is 1. The van der Waals surface area contributed by atoms with E-state index in [0.717, 1.165) is 0 Å².